The summed E-state index contributed by atoms with van der Waals surface area (Å²) in [5.74, 6) is 1.27. The van der Waals surface area contributed by atoms with E-state index < -0.39 is 0 Å². The molecule has 3 fully saturated rings. The van der Waals surface area contributed by atoms with E-state index >= 15 is 0 Å². The number of fused-ring (bicyclic) bond motifs is 1. The summed E-state index contributed by atoms with van der Waals surface area (Å²) in [5.41, 5.74) is 2.95. The zero-order valence-corrected chi connectivity index (χ0v) is 15.1. The second-order valence-corrected chi connectivity index (χ2v) is 8.08. The lowest BCUT2D eigenvalue weighted by atomic mass is 10.0. The molecule has 1 saturated heterocycles. The first-order valence-electron chi connectivity index (χ1n) is 10.0. The third-order valence-corrected chi connectivity index (χ3v) is 6.15. The highest BCUT2D eigenvalue weighted by molar-refractivity contribution is 5.79. The summed E-state index contributed by atoms with van der Waals surface area (Å²) in [6, 6.07) is 2.52. The Hall–Kier alpha value is -2.18. The van der Waals surface area contributed by atoms with Crippen molar-refractivity contribution in [3.63, 3.8) is 0 Å². The molecular formula is C19H26N6O. The molecule has 0 unspecified atom stereocenters. The zero-order chi connectivity index (χ0) is 17.5. The average molecular weight is 354 g/mol. The fourth-order valence-electron chi connectivity index (χ4n) is 4.43. The van der Waals surface area contributed by atoms with Crippen molar-refractivity contribution in [2.45, 2.75) is 63.3 Å². The molecule has 5 rings (SSSR count). The molecule has 7 nitrogen and oxygen atoms in total. The van der Waals surface area contributed by atoms with Gasteiger partial charge in [-0.3, -0.25) is 4.79 Å². The van der Waals surface area contributed by atoms with Gasteiger partial charge in [-0.2, -0.15) is 9.61 Å². The Morgan fingerprint density at radius 2 is 1.85 bits per heavy atom. The number of carbonyl (C=O) groups is 1. The first-order valence-corrected chi connectivity index (χ1v) is 10.0. The maximum atomic E-state index is 12.6. The smallest absolute Gasteiger partial charge is 0.225 e. The van der Waals surface area contributed by atoms with Crippen molar-refractivity contribution in [2.24, 2.45) is 5.92 Å². The SMILES string of the molecule is O=C(C1CCCC1)N1CCC(Nc2cc(C3CC3)nn3cnnc23)CC1. The molecule has 0 aromatic carbocycles. The Morgan fingerprint density at radius 1 is 1.08 bits per heavy atom. The maximum absolute atomic E-state index is 12.6. The molecular weight excluding hydrogens is 328 g/mol. The molecule has 0 bridgehead atoms. The summed E-state index contributed by atoms with van der Waals surface area (Å²) in [6.45, 7) is 1.72. The second-order valence-electron chi connectivity index (χ2n) is 8.08. The lowest BCUT2D eigenvalue weighted by molar-refractivity contribution is -0.136. The van der Waals surface area contributed by atoms with Crippen LogP contribution in [0, 0.1) is 5.92 Å². The van der Waals surface area contributed by atoms with Crippen molar-refractivity contribution in [1.29, 1.82) is 0 Å². The fourth-order valence-corrected chi connectivity index (χ4v) is 4.43. The highest BCUT2D eigenvalue weighted by Gasteiger charge is 2.31. The van der Waals surface area contributed by atoms with Gasteiger partial charge in [-0.25, -0.2) is 0 Å². The van der Waals surface area contributed by atoms with E-state index in [1.165, 1.54) is 25.7 Å². The highest BCUT2D eigenvalue weighted by Crippen LogP contribution is 2.40. The van der Waals surface area contributed by atoms with Gasteiger partial charge < -0.3 is 10.2 Å². The molecule has 0 radical (unpaired) electrons. The molecule has 3 heterocycles. The van der Waals surface area contributed by atoms with Crippen LogP contribution in [0.2, 0.25) is 0 Å². The largest absolute Gasteiger partial charge is 0.379 e. The molecule has 26 heavy (non-hydrogen) atoms. The van der Waals surface area contributed by atoms with Gasteiger partial charge in [0.2, 0.25) is 11.6 Å². The van der Waals surface area contributed by atoms with Crippen molar-refractivity contribution < 1.29 is 4.79 Å². The summed E-state index contributed by atoms with van der Waals surface area (Å²) in [7, 11) is 0. The monoisotopic (exact) mass is 354 g/mol. The molecule has 7 heteroatoms. The summed E-state index contributed by atoms with van der Waals surface area (Å²) >= 11 is 0. The number of rotatable bonds is 4. The summed E-state index contributed by atoms with van der Waals surface area (Å²) in [4.78, 5) is 14.7. The predicted molar refractivity (Wildman–Crippen MR) is 97.9 cm³/mol. The maximum Gasteiger partial charge on any atom is 0.225 e. The van der Waals surface area contributed by atoms with E-state index in [-0.39, 0.29) is 5.92 Å². The normalized spacial score (nSPS) is 22.2. The van der Waals surface area contributed by atoms with Crippen molar-refractivity contribution in [3.05, 3.63) is 18.1 Å². The van der Waals surface area contributed by atoms with Crippen LogP contribution in [0.25, 0.3) is 5.65 Å². The first kappa shape index (κ1) is 16.0. The minimum absolute atomic E-state index is 0.288. The number of hydrogen-bond acceptors (Lipinski definition) is 5. The van der Waals surface area contributed by atoms with Gasteiger partial charge in [0.1, 0.15) is 6.33 Å². The van der Waals surface area contributed by atoms with E-state index in [1.54, 1.807) is 10.8 Å². The number of nitrogens with zero attached hydrogens (tertiary/aromatic N) is 5. The van der Waals surface area contributed by atoms with Crippen LogP contribution in [0.3, 0.4) is 0 Å². The van der Waals surface area contributed by atoms with E-state index in [4.69, 9.17) is 0 Å². The number of anilines is 1. The number of piperidine rings is 1. The third kappa shape index (κ3) is 3.04. The lowest BCUT2D eigenvalue weighted by Gasteiger charge is -2.34. The molecule has 1 amide bonds. The minimum Gasteiger partial charge on any atom is -0.379 e. The molecule has 0 spiro atoms. The van der Waals surface area contributed by atoms with Crippen LogP contribution in [0.1, 0.15) is 63.0 Å². The summed E-state index contributed by atoms with van der Waals surface area (Å²) < 4.78 is 1.79. The molecule has 1 aliphatic heterocycles. The Morgan fingerprint density at radius 3 is 2.58 bits per heavy atom. The van der Waals surface area contributed by atoms with E-state index in [9.17, 15) is 4.79 Å². The van der Waals surface area contributed by atoms with Crippen molar-refractivity contribution in [3.8, 4) is 0 Å². The number of amides is 1. The van der Waals surface area contributed by atoms with Crippen LogP contribution >= 0.6 is 0 Å². The Labute approximate surface area is 153 Å². The molecule has 2 saturated carbocycles. The van der Waals surface area contributed by atoms with Crippen LogP contribution in [0.4, 0.5) is 5.69 Å². The van der Waals surface area contributed by atoms with Crippen molar-refractivity contribution in [2.75, 3.05) is 18.4 Å². The summed E-state index contributed by atoms with van der Waals surface area (Å²) in [5, 5.41) is 16.5. The minimum atomic E-state index is 0.288. The first-order chi connectivity index (χ1) is 12.8. The van der Waals surface area contributed by atoms with Crippen LogP contribution in [-0.4, -0.2) is 49.7 Å². The van der Waals surface area contributed by atoms with Gasteiger partial charge >= 0.3 is 0 Å². The van der Waals surface area contributed by atoms with Crippen LogP contribution in [-0.2, 0) is 4.79 Å². The van der Waals surface area contributed by atoms with Gasteiger partial charge in [-0.1, -0.05) is 12.8 Å². The third-order valence-electron chi connectivity index (χ3n) is 6.15. The molecule has 2 aromatic rings. The molecule has 138 valence electrons. The lowest BCUT2D eigenvalue weighted by Crippen LogP contribution is -2.44. The van der Waals surface area contributed by atoms with Gasteiger partial charge in [-0.15, -0.1) is 10.2 Å². The Kier molecular flexibility index (Phi) is 4.02. The van der Waals surface area contributed by atoms with Crippen molar-refractivity contribution in [1.82, 2.24) is 24.7 Å². The standard InChI is InChI=1S/C19H26N6O/c26-19(14-3-1-2-4-14)24-9-7-15(8-10-24)21-17-11-16(13-5-6-13)23-25-12-20-22-18(17)25/h11-15,21H,1-10H2. The molecule has 2 aromatic heterocycles. The second kappa shape index (κ2) is 6.52. The van der Waals surface area contributed by atoms with Gasteiger partial charge in [0.15, 0.2) is 0 Å². The molecule has 2 aliphatic carbocycles. The fraction of sp³-hybridized carbons (Fsp3) is 0.684. The molecule has 0 atom stereocenters. The molecule has 3 aliphatic rings. The van der Waals surface area contributed by atoms with Crippen molar-refractivity contribution >= 4 is 17.2 Å². The van der Waals surface area contributed by atoms with Gasteiger partial charge in [0.05, 0.1) is 11.4 Å². The number of nitrogens with one attached hydrogen (secondary N) is 1. The number of hydrogen-bond donors (Lipinski definition) is 1. The molecule has 1 N–H and O–H groups in total. The number of carbonyl (C=O) groups excluding carboxylic acids is 1. The van der Waals surface area contributed by atoms with E-state index in [2.05, 4.69) is 31.6 Å². The Bertz CT molecular complexity index is 799. The van der Waals surface area contributed by atoms with Crippen LogP contribution in [0.15, 0.2) is 12.4 Å². The van der Waals surface area contributed by atoms with Gasteiger partial charge in [-0.05, 0) is 44.6 Å². The predicted octanol–water partition coefficient (Wildman–Crippen LogP) is 2.59. The quantitative estimate of drug-likeness (QED) is 0.913. The zero-order valence-electron chi connectivity index (χ0n) is 15.1. The van der Waals surface area contributed by atoms with E-state index in [0.717, 1.165) is 55.8 Å². The number of likely N-dealkylation sites (tertiary alicyclic amines) is 1. The number of aromatic nitrogens is 4. The van der Waals surface area contributed by atoms with Crippen LogP contribution < -0.4 is 5.32 Å². The van der Waals surface area contributed by atoms with Gasteiger partial charge in [0.25, 0.3) is 0 Å². The average Bonchev–Trinajstić information content (AvgIpc) is 3.17. The van der Waals surface area contributed by atoms with Crippen LogP contribution in [0.5, 0.6) is 0 Å². The van der Waals surface area contributed by atoms with Gasteiger partial charge in [0, 0.05) is 31.0 Å². The Balaban J connectivity index is 1.26. The summed E-state index contributed by atoms with van der Waals surface area (Å²) in [6.07, 6.45) is 10.7. The van der Waals surface area contributed by atoms with E-state index in [0.29, 0.717) is 17.9 Å². The highest BCUT2D eigenvalue weighted by atomic mass is 16.2. The topological polar surface area (TPSA) is 75.4 Å². The van der Waals surface area contributed by atoms with E-state index in [1.807, 2.05) is 0 Å².